The summed E-state index contributed by atoms with van der Waals surface area (Å²) in [7, 11) is 0. The zero-order valence-electron chi connectivity index (χ0n) is 15.8. The van der Waals surface area contributed by atoms with Crippen molar-refractivity contribution < 1.29 is 13.5 Å². The summed E-state index contributed by atoms with van der Waals surface area (Å²) in [5.41, 5.74) is 0.516. The minimum absolute atomic E-state index is 0.0504. The van der Waals surface area contributed by atoms with Gasteiger partial charge in [-0.15, -0.1) is 0 Å². The second-order valence-corrected chi connectivity index (χ2v) is 8.11. The normalized spacial score (nSPS) is 29.2. The molecule has 0 bridgehead atoms. The highest BCUT2D eigenvalue weighted by molar-refractivity contribution is 5.33. The summed E-state index contributed by atoms with van der Waals surface area (Å²) in [6.45, 7) is 5.92. The molecule has 1 aromatic carbocycles. The molecule has 2 saturated carbocycles. The van der Waals surface area contributed by atoms with Crippen molar-refractivity contribution in [3.8, 4) is 5.75 Å². The lowest BCUT2D eigenvalue weighted by atomic mass is 9.68. The second kappa shape index (κ2) is 8.88. The van der Waals surface area contributed by atoms with E-state index in [4.69, 9.17) is 4.74 Å². The van der Waals surface area contributed by atoms with Gasteiger partial charge in [-0.3, -0.25) is 0 Å². The summed E-state index contributed by atoms with van der Waals surface area (Å²) in [6.07, 6.45) is 11.1. The predicted octanol–water partition coefficient (Wildman–Crippen LogP) is 6.13. The number of hydrogen-bond donors (Lipinski definition) is 1. The molecule has 0 aromatic heterocycles. The van der Waals surface area contributed by atoms with Gasteiger partial charge in [-0.05, 0) is 80.0 Å². The van der Waals surface area contributed by atoms with Crippen molar-refractivity contribution >= 4 is 0 Å². The molecule has 0 unspecified atom stereocenters. The Morgan fingerprint density at radius 2 is 1.62 bits per heavy atom. The zero-order chi connectivity index (χ0) is 18.5. The SMILES string of the molecule is C=CNCOc1ccc(C2CCC(C3CCC(C)CC3)CC2)c(F)c1F. The lowest BCUT2D eigenvalue weighted by Gasteiger charge is -2.37. The summed E-state index contributed by atoms with van der Waals surface area (Å²) in [6, 6.07) is 3.25. The van der Waals surface area contributed by atoms with Gasteiger partial charge < -0.3 is 10.1 Å². The molecule has 0 aliphatic heterocycles. The zero-order valence-corrected chi connectivity index (χ0v) is 15.8. The number of ether oxygens (including phenoxy) is 1. The minimum atomic E-state index is -0.878. The van der Waals surface area contributed by atoms with Crippen molar-refractivity contribution in [1.82, 2.24) is 5.32 Å². The highest BCUT2D eigenvalue weighted by Crippen LogP contribution is 2.44. The van der Waals surface area contributed by atoms with Gasteiger partial charge >= 0.3 is 0 Å². The standard InChI is InChI=1S/C22H31F2NO/c1-3-25-14-26-20-13-12-19(21(23)22(20)24)18-10-8-17(9-11-18)16-6-4-15(2)5-7-16/h3,12-13,15-18,25H,1,4-11,14H2,2H3. The van der Waals surface area contributed by atoms with Gasteiger partial charge in [0.15, 0.2) is 18.3 Å². The van der Waals surface area contributed by atoms with E-state index in [1.54, 1.807) is 12.1 Å². The topological polar surface area (TPSA) is 21.3 Å². The van der Waals surface area contributed by atoms with Gasteiger partial charge in [0.2, 0.25) is 5.82 Å². The van der Waals surface area contributed by atoms with E-state index < -0.39 is 11.6 Å². The molecule has 0 radical (unpaired) electrons. The highest BCUT2D eigenvalue weighted by atomic mass is 19.2. The van der Waals surface area contributed by atoms with Crippen LogP contribution in [-0.2, 0) is 0 Å². The van der Waals surface area contributed by atoms with Crippen LogP contribution in [0.2, 0.25) is 0 Å². The summed E-state index contributed by atoms with van der Waals surface area (Å²) in [5, 5.41) is 2.71. The Morgan fingerprint density at radius 3 is 2.23 bits per heavy atom. The summed E-state index contributed by atoms with van der Waals surface area (Å²) in [5.74, 6) is 0.963. The smallest absolute Gasteiger partial charge is 0.201 e. The van der Waals surface area contributed by atoms with Crippen molar-refractivity contribution in [3.05, 3.63) is 42.1 Å². The lowest BCUT2D eigenvalue weighted by Crippen LogP contribution is -2.25. The number of rotatable bonds is 6. The maximum absolute atomic E-state index is 14.6. The molecule has 0 spiro atoms. The van der Waals surface area contributed by atoms with Crippen LogP contribution in [0.4, 0.5) is 8.78 Å². The van der Waals surface area contributed by atoms with Crippen LogP contribution in [0.15, 0.2) is 24.9 Å². The van der Waals surface area contributed by atoms with Crippen LogP contribution in [0.3, 0.4) is 0 Å². The quantitative estimate of drug-likeness (QED) is 0.484. The Hall–Kier alpha value is -1.58. The number of hydrogen-bond acceptors (Lipinski definition) is 2. The Morgan fingerprint density at radius 1 is 1.00 bits per heavy atom. The third-order valence-corrected chi connectivity index (χ3v) is 6.47. The Bertz CT molecular complexity index is 602. The molecule has 0 atom stereocenters. The summed E-state index contributed by atoms with van der Waals surface area (Å²) in [4.78, 5) is 0. The van der Waals surface area contributed by atoms with E-state index in [1.807, 2.05) is 0 Å². The minimum Gasteiger partial charge on any atom is -0.470 e. The first kappa shape index (κ1) is 19.2. The maximum Gasteiger partial charge on any atom is 0.201 e. The van der Waals surface area contributed by atoms with Gasteiger partial charge in [-0.1, -0.05) is 32.4 Å². The molecule has 26 heavy (non-hydrogen) atoms. The second-order valence-electron chi connectivity index (χ2n) is 8.11. The van der Waals surface area contributed by atoms with Crippen molar-refractivity contribution in [2.45, 2.75) is 64.2 Å². The molecule has 2 nitrogen and oxygen atoms in total. The fourth-order valence-electron chi connectivity index (χ4n) is 4.81. The van der Waals surface area contributed by atoms with Crippen LogP contribution in [0, 0.1) is 29.4 Å². The molecule has 2 fully saturated rings. The van der Waals surface area contributed by atoms with Gasteiger partial charge in [-0.25, -0.2) is 4.39 Å². The van der Waals surface area contributed by atoms with Crippen LogP contribution in [0.25, 0.3) is 0 Å². The molecule has 1 aromatic rings. The van der Waals surface area contributed by atoms with E-state index >= 15 is 0 Å². The van der Waals surface area contributed by atoms with Crippen LogP contribution in [0.1, 0.15) is 69.8 Å². The van der Waals surface area contributed by atoms with E-state index in [-0.39, 0.29) is 18.4 Å². The van der Waals surface area contributed by atoms with Gasteiger partial charge in [0, 0.05) is 0 Å². The van der Waals surface area contributed by atoms with Gasteiger partial charge in [0.05, 0.1) is 0 Å². The van der Waals surface area contributed by atoms with Crippen LogP contribution >= 0.6 is 0 Å². The first-order chi connectivity index (χ1) is 12.6. The summed E-state index contributed by atoms with van der Waals surface area (Å²) < 4.78 is 34.1. The average Bonchev–Trinajstić information content (AvgIpc) is 2.66. The Labute approximate surface area is 156 Å². The maximum atomic E-state index is 14.6. The molecule has 0 saturated heterocycles. The fourth-order valence-corrected chi connectivity index (χ4v) is 4.81. The largest absolute Gasteiger partial charge is 0.470 e. The summed E-state index contributed by atoms with van der Waals surface area (Å²) >= 11 is 0. The van der Waals surface area contributed by atoms with E-state index in [0.29, 0.717) is 5.56 Å². The molecule has 3 rings (SSSR count). The third kappa shape index (κ3) is 4.39. The van der Waals surface area contributed by atoms with Crippen molar-refractivity contribution in [2.24, 2.45) is 17.8 Å². The fraction of sp³-hybridized carbons (Fsp3) is 0.636. The van der Waals surface area contributed by atoms with E-state index in [9.17, 15) is 8.78 Å². The number of nitrogens with one attached hydrogen (secondary N) is 1. The van der Waals surface area contributed by atoms with Crippen LogP contribution < -0.4 is 10.1 Å². The molecule has 2 aliphatic carbocycles. The van der Waals surface area contributed by atoms with Crippen molar-refractivity contribution in [1.29, 1.82) is 0 Å². The van der Waals surface area contributed by atoms with Crippen molar-refractivity contribution in [3.63, 3.8) is 0 Å². The molecule has 0 amide bonds. The molecular weight excluding hydrogens is 332 g/mol. The third-order valence-electron chi connectivity index (χ3n) is 6.47. The van der Waals surface area contributed by atoms with E-state index in [1.165, 1.54) is 31.9 Å². The predicted molar refractivity (Wildman–Crippen MR) is 101 cm³/mol. The molecule has 0 heterocycles. The van der Waals surface area contributed by atoms with Crippen molar-refractivity contribution in [2.75, 3.05) is 6.73 Å². The first-order valence-electron chi connectivity index (χ1n) is 10.0. The monoisotopic (exact) mass is 363 g/mol. The highest BCUT2D eigenvalue weighted by Gasteiger charge is 2.32. The Kier molecular flexibility index (Phi) is 6.55. The Balaban J connectivity index is 1.58. The molecule has 2 aliphatic rings. The van der Waals surface area contributed by atoms with E-state index in [2.05, 4.69) is 18.8 Å². The van der Waals surface area contributed by atoms with Gasteiger partial charge in [-0.2, -0.15) is 4.39 Å². The van der Waals surface area contributed by atoms with Crippen LogP contribution in [-0.4, -0.2) is 6.73 Å². The molecule has 1 N–H and O–H groups in total. The van der Waals surface area contributed by atoms with Gasteiger partial charge in [0.1, 0.15) is 0 Å². The average molecular weight is 363 g/mol. The van der Waals surface area contributed by atoms with Gasteiger partial charge in [0.25, 0.3) is 0 Å². The molecule has 144 valence electrons. The molecular formula is C22H31F2NO. The molecule has 4 heteroatoms. The van der Waals surface area contributed by atoms with Crippen LogP contribution in [0.5, 0.6) is 5.75 Å². The van der Waals surface area contributed by atoms with E-state index in [0.717, 1.165) is 43.4 Å². The number of halogens is 2. The lowest BCUT2D eigenvalue weighted by molar-refractivity contribution is 0.164. The first-order valence-corrected chi connectivity index (χ1v) is 10.0. The number of benzene rings is 1.